The number of carbonyl (C=O) groups excluding carboxylic acids is 3. The molecule has 3 heterocycles. The second-order valence-electron chi connectivity index (χ2n) is 14.3. The number of benzene rings is 1. The summed E-state index contributed by atoms with van der Waals surface area (Å²) in [5.41, 5.74) is 2.65. The van der Waals surface area contributed by atoms with Gasteiger partial charge in [0.05, 0.1) is 43.5 Å². The van der Waals surface area contributed by atoms with Gasteiger partial charge in [0.1, 0.15) is 22.3 Å². The molecular formula is C46H65N5O7S. The molecule has 0 spiro atoms. The summed E-state index contributed by atoms with van der Waals surface area (Å²) in [5, 5.41) is 6.41. The van der Waals surface area contributed by atoms with Crippen molar-refractivity contribution < 1.29 is 28.6 Å². The van der Waals surface area contributed by atoms with Gasteiger partial charge in [-0.25, -0.2) is 14.6 Å². The van der Waals surface area contributed by atoms with Gasteiger partial charge in [0.15, 0.2) is 5.43 Å². The molecule has 1 saturated carbocycles. The van der Waals surface area contributed by atoms with Crippen LogP contribution in [0.15, 0.2) is 70.6 Å². The molecule has 2 aliphatic rings. The number of carbonyl (C=O) groups is 3. The number of aromatic nitrogens is 2. The van der Waals surface area contributed by atoms with Crippen LogP contribution in [0, 0.1) is 12.8 Å². The number of fused-ring (bicyclic) bond motifs is 1. The van der Waals surface area contributed by atoms with E-state index in [4.69, 9.17) is 14.2 Å². The number of unbranched alkanes of at least 4 members (excludes halogenated alkanes) is 2. The molecule has 5 rings (SSSR count). The van der Waals surface area contributed by atoms with E-state index in [0.717, 1.165) is 64.7 Å². The Morgan fingerprint density at radius 3 is 2.44 bits per heavy atom. The topological polar surface area (TPSA) is 143 Å². The highest BCUT2D eigenvalue weighted by Gasteiger charge is 2.54. The van der Waals surface area contributed by atoms with Crippen molar-refractivity contribution in [1.29, 1.82) is 0 Å². The van der Waals surface area contributed by atoms with Gasteiger partial charge in [0.25, 0.3) is 0 Å². The Labute approximate surface area is 355 Å². The van der Waals surface area contributed by atoms with Gasteiger partial charge in [-0.05, 0) is 89.8 Å². The molecule has 3 aromatic rings. The molecule has 13 heteroatoms. The smallest absolute Gasteiger partial charge is 0.331 e. The van der Waals surface area contributed by atoms with Gasteiger partial charge in [0.2, 0.25) is 5.91 Å². The first-order chi connectivity index (χ1) is 28.4. The normalized spacial score (nSPS) is 15.3. The fraction of sp³-hybridized carbons (Fsp3) is 0.500. The molecule has 2 fully saturated rings. The van der Waals surface area contributed by atoms with Crippen LogP contribution in [0.3, 0.4) is 0 Å². The van der Waals surface area contributed by atoms with Crippen LogP contribution in [0.1, 0.15) is 105 Å². The lowest BCUT2D eigenvalue weighted by molar-refractivity contribution is -0.149. The van der Waals surface area contributed by atoms with Crippen LogP contribution in [-0.2, 0) is 19.1 Å². The standard InChI is InChI=1S/C26H41N3O5.C16H16N2O2S.C2H6.C2H2/c1-6-8-9-10-17-28(19-20(3)13-14-21(4)33-5)25(32)29-18-11-12-22(29)23(30)27-26(15-16-26)24(31)34-7-2;1-9(2)14-8-21-16(18-14)13-7-15(19)11-5-4-10(20-3)6-12(11)17-13;2*1-2/h6,13-14,22H,1,7-12,15-19H2,2-5H3,(H,27,30);4-9H,1-3H3,(H,17,19);1-2H3;1-2H/b20-13+,21-14+;;;/t22-;;;/m0.../s1. The average Bonchev–Trinajstić information content (AvgIpc) is 3.60. The first-order valence-corrected chi connectivity index (χ1v) is 21.3. The predicted molar refractivity (Wildman–Crippen MR) is 240 cm³/mol. The molecule has 12 nitrogen and oxygen atoms in total. The molecule has 59 heavy (non-hydrogen) atoms. The summed E-state index contributed by atoms with van der Waals surface area (Å²) in [5.74, 6) is 1.23. The number of nitrogens with zero attached hydrogens (tertiary/aromatic N) is 3. The molecule has 1 aliphatic heterocycles. The minimum absolute atomic E-state index is 0.0114. The first-order valence-electron chi connectivity index (χ1n) is 20.4. The number of H-pyrrole nitrogens is 1. The number of hydrogen-bond donors (Lipinski definition) is 2. The Balaban J connectivity index is 0.000000408. The van der Waals surface area contributed by atoms with Gasteiger partial charge >= 0.3 is 12.0 Å². The van der Waals surface area contributed by atoms with Gasteiger partial charge < -0.3 is 34.3 Å². The molecule has 2 N–H and O–H groups in total. The summed E-state index contributed by atoms with van der Waals surface area (Å²) in [4.78, 5) is 62.5. The van der Waals surface area contributed by atoms with E-state index < -0.39 is 11.6 Å². The Morgan fingerprint density at radius 1 is 1.14 bits per heavy atom. The quantitative estimate of drug-likeness (QED) is 0.0364. The van der Waals surface area contributed by atoms with E-state index in [0.29, 0.717) is 50.2 Å². The van der Waals surface area contributed by atoms with Crippen molar-refractivity contribution in [3.05, 3.63) is 81.7 Å². The van der Waals surface area contributed by atoms with Crippen molar-refractivity contribution in [1.82, 2.24) is 25.1 Å². The number of likely N-dealkylation sites (tertiary alicyclic amines) is 1. The number of allylic oxidation sites excluding steroid dienone is 4. The zero-order valence-electron chi connectivity index (χ0n) is 36.5. The highest BCUT2D eigenvalue weighted by atomic mass is 32.1. The zero-order chi connectivity index (χ0) is 44.1. The van der Waals surface area contributed by atoms with Gasteiger partial charge in [-0.2, -0.15) is 0 Å². The number of rotatable bonds is 16. The fourth-order valence-electron chi connectivity index (χ4n) is 6.21. The monoisotopic (exact) mass is 831 g/mol. The van der Waals surface area contributed by atoms with Crippen molar-refractivity contribution >= 4 is 40.1 Å². The predicted octanol–water partition coefficient (Wildman–Crippen LogP) is 9.00. The van der Waals surface area contributed by atoms with Gasteiger partial charge in [0, 0.05) is 42.5 Å². The largest absolute Gasteiger partial charge is 0.501 e. The SMILES string of the molecule is C#C.C=CCCCCN(C/C(C)=C/C=C(\C)OC)C(=O)N1CCC[C@H]1C(=O)NC1(C(=O)OCC)CC1.CC.COc1ccc2c(=O)cc(-c3nc(C(C)C)cs3)[nH]c2c1. The fourth-order valence-corrected chi connectivity index (χ4v) is 7.16. The maximum absolute atomic E-state index is 13.6. The van der Waals surface area contributed by atoms with E-state index in [1.807, 2.05) is 62.3 Å². The van der Waals surface area contributed by atoms with E-state index in [1.54, 1.807) is 55.6 Å². The maximum atomic E-state index is 13.6. The second-order valence-corrected chi connectivity index (χ2v) is 15.2. The van der Waals surface area contributed by atoms with Crippen LogP contribution in [-0.4, -0.2) is 89.7 Å². The minimum Gasteiger partial charge on any atom is -0.501 e. The number of terminal acetylenes is 1. The molecule has 322 valence electrons. The number of amides is 3. The lowest BCUT2D eigenvalue weighted by Gasteiger charge is -2.32. The van der Waals surface area contributed by atoms with E-state index in [-0.39, 0.29) is 29.9 Å². The van der Waals surface area contributed by atoms with Crippen LogP contribution >= 0.6 is 11.3 Å². The third kappa shape index (κ3) is 14.5. The Morgan fingerprint density at radius 2 is 1.85 bits per heavy atom. The first kappa shape index (κ1) is 49.8. The maximum Gasteiger partial charge on any atom is 0.331 e. The number of ether oxygens (including phenoxy) is 3. The summed E-state index contributed by atoms with van der Waals surface area (Å²) >= 11 is 1.55. The van der Waals surface area contributed by atoms with Gasteiger partial charge in [-0.3, -0.25) is 9.59 Å². The Kier molecular flexibility index (Phi) is 21.3. The van der Waals surface area contributed by atoms with E-state index in [2.05, 4.69) is 48.6 Å². The highest BCUT2D eigenvalue weighted by Crippen LogP contribution is 2.37. The molecule has 1 saturated heterocycles. The third-order valence-electron chi connectivity index (χ3n) is 9.68. The van der Waals surface area contributed by atoms with Crippen molar-refractivity contribution in [3.8, 4) is 29.3 Å². The molecule has 1 aromatic carbocycles. The van der Waals surface area contributed by atoms with Crippen molar-refractivity contribution in [3.63, 3.8) is 0 Å². The Hall–Kier alpha value is -5.35. The van der Waals surface area contributed by atoms with E-state index >= 15 is 0 Å². The molecule has 3 amide bonds. The zero-order valence-corrected chi connectivity index (χ0v) is 37.3. The number of methoxy groups -OCH3 is 2. The number of hydrogen-bond acceptors (Lipinski definition) is 9. The average molecular weight is 832 g/mol. The van der Waals surface area contributed by atoms with Crippen LogP contribution in [0.5, 0.6) is 5.75 Å². The number of urea groups is 1. The van der Waals surface area contributed by atoms with Gasteiger partial charge in [-0.1, -0.05) is 45.4 Å². The van der Waals surface area contributed by atoms with Crippen molar-refractivity contribution in [2.75, 3.05) is 40.5 Å². The van der Waals surface area contributed by atoms with Crippen LogP contribution < -0.4 is 15.5 Å². The molecule has 0 bridgehead atoms. The summed E-state index contributed by atoms with van der Waals surface area (Å²) < 4.78 is 15.5. The Bertz CT molecular complexity index is 1970. The number of nitrogens with one attached hydrogen (secondary N) is 2. The number of thiazole rings is 1. The number of aromatic amines is 1. The van der Waals surface area contributed by atoms with Crippen LogP contribution in [0.4, 0.5) is 4.79 Å². The van der Waals surface area contributed by atoms with Crippen molar-refractivity contribution in [2.24, 2.45) is 0 Å². The molecule has 0 unspecified atom stereocenters. The lowest BCUT2D eigenvalue weighted by Crippen LogP contribution is -2.55. The highest BCUT2D eigenvalue weighted by molar-refractivity contribution is 7.13. The van der Waals surface area contributed by atoms with Crippen LogP contribution in [0.25, 0.3) is 21.6 Å². The number of pyridine rings is 1. The summed E-state index contributed by atoms with van der Waals surface area (Å²) in [6.07, 6.45) is 18.9. The number of esters is 1. The van der Waals surface area contributed by atoms with E-state index in [9.17, 15) is 19.2 Å². The van der Waals surface area contributed by atoms with Gasteiger partial charge in [-0.15, -0.1) is 30.8 Å². The second kappa shape index (κ2) is 25.2. The molecule has 0 radical (unpaired) electrons. The molecule has 1 atom stereocenters. The lowest BCUT2D eigenvalue weighted by atomic mass is 10.1. The summed E-state index contributed by atoms with van der Waals surface area (Å²) in [7, 11) is 3.23. The summed E-state index contributed by atoms with van der Waals surface area (Å²) in [6, 6.07) is 6.29. The molecule has 1 aliphatic carbocycles. The van der Waals surface area contributed by atoms with E-state index in [1.165, 1.54) is 0 Å². The molecular weight excluding hydrogens is 767 g/mol. The molecule has 2 aromatic heterocycles. The van der Waals surface area contributed by atoms with Crippen molar-refractivity contribution in [2.45, 2.75) is 111 Å². The minimum atomic E-state index is -0.917. The summed E-state index contributed by atoms with van der Waals surface area (Å²) in [6.45, 7) is 19.4. The van der Waals surface area contributed by atoms with Crippen LogP contribution in [0.2, 0.25) is 0 Å². The third-order valence-corrected chi connectivity index (χ3v) is 10.6.